The minimum Gasteiger partial charge on any atom is -0.0917 e. The van der Waals surface area contributed by atoms with Crippen LogP contribution in [0.1, 0.15) is 163 Å². The van der Waals surface area contributed by atoms with Crippen molar-refractivity contribution in [1.29, 1.82) is 0 Å². The SMILES string of the molecule is C/C=C/CCCC(C)CCCCCCCCC(C)CCCCCCCC(C)CCC. The summed E-state index contributed by atoms with van der Waals surface area (Å²) in [5.74, 6) is 2.84. The molecule has 0 nitrogen and oxygen atoms in total. The van der Waals surface area contributed by atoms with Crippen LogP contribution in [0.25, 0.3) is 0 Å². The molecule has 0 spiro atoms. The Morgan fingerprint density at radius 1 is 0.467 bits per heavy atom. The number of allylic oxidation sites excluding steroid dienone is 2. The average Bonchev–Trinajstić information content (AvgIpc) is 2.72. The summed E-state index contributed by atoms with van der Waals surface area (Å²) in [5, 5.41) is 0. The Balaban J connectivity index is 3.29. The van der Waals surface area contributed by atoms with E-state index in [0.717, 1.165) is 17.8 Å². The van der Waals surface area contributed by atoms with Crippen molar-refractivity contribution in [3.05, 3.63) is 12.2 Å². The van der Waals surface area contributed by atoms with E-state index in [-0.39, 0.29) is 0 Å². The quantitative estimate of drug-likeness (QED) is 0.114. The maximum absolute atomic E-state index is 2.49. The van der Waals surface area contributed by atoms with Gasteiger partial charge in [0.05, 0.1) is 0 Å². The van der Waals surface area contributed by atoms with E-state index in [1.807, 2.05) is 0 Å². The highest BCUT2D eigenvalue weighted by Crippen LogP contribution is 2.21. The first kappa shape index (κ1) is 29.7. The van der Waals surface area contributed by atoms with Gasteiger partial charge in [-0.05, 0) is 37.5 Å². The molecular formula is C30H60. The molecular weight excluding hydrogens is 360 g/mol. The predicted molar refractivity (Wildman–Crippen MR) is 140 cm³/mol. The van der Waals surface area contributed by atoms with Crippen molar-refractivity contribution in [3.8, 4) is 0 Å². The van der Waals surface area contributed by atoms with E-state index in [1.165, 1.54) is 128 Å². The van der Waals surface area contributed by atoms with Crippen LogP contribution in [0.2, 0.25) is 0 Å². The second-order valence-corrected chi connectivity index (χ2v) is 10.6. The minimum atomic E-state index is 0.931. The van der Waals surface area contributed by atoms with Crippen LogP contribution in [-0.2, 0) is 0 Å². The molecule has 30 heavy (non-hydrogen) atoms. The molecule has 0 rings (SSSR count). The van der Waals surface area contributed by atoms with Gasteiger partial charge in [0.15, 0.2) is 0 Å². The lowest BCUT2D eigenvalue weighted by atomic mass is 9.94. The fourth-order valence-electron chi connectivity index (χ4n) is 4.89. The van der Waals surface area contributed by atoms with E-state index in [9.17, 15) is 0 Å². The zero-order chi connectivity index (χ0) is 22.3. The lowest BCUT2D eigenvalue weighted by Crippen LogP contribution is -1.96. The second kappa shape index (κ2) is 23.4. The summed E-state index contributed by atoms with van der Waals surface area (Å²) < 4.78 is 0. The molecule has 0 bridgehead atoms. The van der Waals surface area contributed by atoms with E-state index in [1.54, 1.807) is 0 Å². The van der Waals surface area contributed by atoms with Gasteiger partial charge in [-0.15, -0.1) is 0 Å². The Bertz CT molecular complexity index is 342. The molecule has 0 saturated carbocycles. The lowest BCUT2D eigenvalue weighted by molar-refractivity contribution is 0.418. The van der Waals surface area contributed by atoms with Crippen molar-refractivity contribution in [3.63, 3.8) is 0 Å². The predicted octanol–water partition coefficient (Wildman–Crippen LogP) is 11.3. The monoisotopic (exact) mass is 420 g/mol. The minimum absolute atomic E-state index is 0.931. The second-order valence-electron chi connectivity index (χ2n) is 10.6. The molecule has 0 aliphatic heterocycles. The van der Waals surface area contributed by atoms with E-state index in [4.69, 9.17) is 0 Å². The molecule has 180 valence electrons. The highest BCUT2D eigenvalue weighted by molar-refractivity contribution is 4.76. The topological polar surface area (TPSA) is 0 Å². The average molecular weight is 421 g/mol. The molecule has 0 fully saturated rings. The van der Waals surface area contributed by atoms with Crippen molar-refractivity contribution < 1.29 is 0 Å². The third-order valence-electron chi connectivity index (χ3n) is 7.12. The normalized spacial score (nSPS) is 15.0. The fraction of sp³-hybridized carbons (Fsp3) is 0.933. The molecule has 0 heterocycles. The van der Waals surface area contributed by atoms with Crippen molar-refractivity contribution in [2.24, 2.45) is 17.8 Å². The maximum atomic E-state index is 2.49. The molecule has 0 aromatic rings. The molecule has 0 radical (unpaired) electrons. The van der Waals surface area contributed by atoms with Crippen LogP contribution >= 0.6 is 0 Å². The van der Waals surface area contributed by atoms with Gasteiger partial charge < -0.3 is 0 Å². The third-order valence-corrected chi connectivity index (χ3v) is 7.12. The summed E-state index contributed by atoms with van der Waals surface area (Å²) in [6.07, 6.45) is 33.3. The third kappa shape index (κ3) is 22.4. The highest BCUT2D eigenvalue weighted by Gasteiger charge is 2.04. The highest BCUT2D eigenvalue weighted by atomic mass is 14.1. The molecule has 0 heteroatoms. The molecule has 0 amide bonds. The van der Waals surface area contributed by atoms with Crippen molar-refractivity contribution >= 4 is 0 Å². The van der Waals surface area contributed by atoms with E-state index in [0.29, 0.717) is 0 Å². The standard InChI is InChI=1S/C30H60/c1-6-8-9-17-24-29(4)25-19-13-10-11-14-20-26-30(5)27-21-16-12-15-18-23-28(3)22-7-2/h6,8,28-30H,7,9-27H2,1-5H3/b8-6+. The summed E-state index contributed by atoms with van der Waals surface area (Å²) in [7, 11) is 0. The Morgan fingerprint density at radius 2 is 0.800 bits per heavy atom. The van der Waals surface area contributed by atoms with E-state index >= 15 is 0 Å². The first-order valence-electron chi connectivity index (χ1n) is 14.2. The van der Waals surface area contributed by atoms with Crippen LogP contribution in [0.5, 0.6) is 0 Å². The molecule has 0 aliphatic rings. The van der Waals surface area contributed by atoms with Gasteiger partial charge in [0.1, 0.15) is 0 Å². The number of rotatable bonds is 23. The van der Waals surface area contributed by atoms with Crippen LogP contribution in [0.3, 0.4) is 0 Å². The Hall–Kier alpha value is -0.260. The largest absolute Gasteiger partial charge is 0.0917 e. The van der Waals surface area contributed by atoms with Gasteiger partial charge >= 0.3 is 0 Å². The Labute approximate surface area is 193 Å². The first-order valence-corrected chi connectivity index (χ1v) is 14.2. The van der Waals surface area contributed by atoms with E-state index < -0.39 is 0 Å². The van der Waals surface area contributed by atoms with Crippen molar-refractivity contribution in [1.82, 2.24) is 0 Å². The fourth-order valence-corrected chi connectivity index (χ4v) is 4.89. The first-order chi connectivity index (χ1) is 14.6. The molecule has 0 aromatic heterocycles. The van der Waals surface area contributed by atoms with Gasteiger partial charge in [-0.25, -0.2) is 0 Å². The molecule has 0 aliphatic carbocycles. The smallest absolute Gasteiger partial charge is 0.0351 e. The molecule has 0 saturated heterocycles. The summed E-state index contributed by atoms with van der Waals surface area (Å²) in [4.78, 5) is 0. The summed E-state index contributed by atoms with van der Waals surface area (Å²) in [6.45, 7) is 11.8. The van der Waals surface area contributed by atoms with Gasteiger partial charge in [0, 0.05) is 0 Å². The van der Waals surface area contributed by atoms with Gasteiger partial charge in [-0.3, -0.25) is 0 Å². The molecule has 3 unspecified atom stereocenters. The number of unbranched alkanes of at least 4 members (excludes halogenated alkanes) is 10. The van der Waals surface area contributed by atoms with Gasteiger partial charge in [-0.2, -0.15) is 0 Å². The summed E-state index contributed by atoms with van der Waals surface area (Å²) in [5.41, 5.74) is 0. The Morgan fingerprint density at radius 3 is 1.17 bits per heavy atom. The van der Waals surface area contributed by atoms with Crippen LogP contribution in [-0.4, -0.2) is 0 Å². The molecule has 3 atom stereocenters. The molecule has 0 aromatic carbocycles. The maximum Gasteiger partial charge on any atom is -0.0351 e. The summed E-state index contributed by atoms with van der Waals surface area (Å²) >= 11 is 0. The van der Waals surface area contributed by atoms with Gasteiger partial charge in [-0.1, -0.05) is 155 Å². The van der Waals surface area contributed by atoms with Gasteiger partial charge in [0.25, 0.3) is 0 Å². The summed E-state index contributed by atoms with van der Waals surface area (Å²) in [6, 6.07) is 0. The van der Waals surface area contributed by atoms with Gasteiger partial charge in [0.2, 0.25) is 0 Å². The van der Waals surface area contributed by atoms with Crippen molar-refractivity contribution in [2.75, 3.05) is 0 Å². The van der Waals surface area contributed by atoms with Crippen molar-refractivity contribution in [2.45, 2.75) is 163 Å². The van der Waals surface area contributed by atoms with E-state index in [2.05, 4.69) is 46.8 Å². The van der Waals surface area contributed by atoms with Crippen LogP contribution in [0.15, 0.2) is 12.2 Å². The Kier molecular flexibility index (Phi) is 23.2. The lowest BCUT2D eigenvalue weighted by Gasteiger charge is -2.12. The number of hydrogen-bond donors (Lipinski definition) is 0. The van der Waals surface area contributed by atoms with Crippen LogP contribution in [0, 0.1) is 17.8 Å². The number of hydrogen-bond acceptors (Lipinski definition) is 0. The zero-order valence-corrected chi connectivity index (χ0v) is 22.0. The van der Waals surface area contributed by atoms with Crippen LogP contribution < -0.4 is 0 Å². The van der Waals surface area contributed by atoms with Crippen LogP contribution in [0.4, 0.5) is 0 Å². The molecule has 0 N–H and O–H groups in total. The zero-order valence-electron chi connectivity index (χ0n) is 22.0.